The van der Waals surface area contributed by atoms with Gasteiger partial charge in [0.2, 0.25) is 0 Å². The fraction of sp³-hybridized carbons (Fsp3) is 0.267. The minimum Gasteiger partial charge on any atom is -0.334 e. The molecule has 7 nitrogen and oxygen atoms in total. The van der Waals surface area contributed by atoms with E-state index in [0.717, 1.165) is 5.56 Å². The number of hydrogen-bond acceptors (Lipinski definition) is 6. The van der Waals surface area contributed by atoms with Crippen LogP contribution in [-0.4, -0.2) is 27.9 Å². The van der Waals surface area contributed by atoms with Crippen LogP contribution in [-0.2, 0) is 23.1 Å². The second-order valence-electron chi connectivity index (χ2n) is 5.10. The third kappa shape index (κ3) is 3.37. The van der Waals surface area contributed by atoms with Gasteiger partial charge in [0, 0.05) is 36.1 Å². The van der Waals surface area contributed by atoms with E-state index in [0.29, 0.717) is 23.8 Å². The van der Waals surface area contributed by atoms with E-state index in [4.69, 9.17) is 0 Å². The average molecular weight is 363 g/mol. The molecule has 3 aromatic rings. The molecule has 24 heavy (non-hydrogen) atoms. The minimum atomic E-state index is -3.70. The second kappa shape index (κ2) is 6.80. The zero-order chi connectivity index (χ0) is 17.2. The Balaban J connectivity index is 1.83. The number of thiophene rings is 1. The van der Waals surface area contributed by atoms with Gasteiger partial charge in [0.1, 0.15) is 5.82 Å². The number of aryl methyl sites for hydroxylation is 2. The largest absolute Gasteiger partial charge is 0.334 e. The van der Waals surface area contributed by atoms with Crippen molar-refractivity contribution in [2.75, 3.05) is 0 Å². The molecule has 0 bridgehead atoms. The molecule has 0 atom stereocenters. The van der Waals surface area contributed by atoms with Crippen LogP contribution in [0.2, 0.25) is 0 Å². The van der Waals surface area contributed by atoms with E-state index in [9.17, 15) is 8.42 Å². The summed E-state index contributed by atoms with van der Waals surface area (Å²) >= 11 is 1.55. The van der Waals surface area contributed by atoms with Crippen molar-refractivity contribution in [2.24, 2.45) is 0 Å². The Morgan fingerprint density at radius 2 is 2.08 bits per heavy atom. The highest BCUT2D eigenvalue weighted by Crippen LogP contribution is 2.22. The normalized spacial score (nSPS) is 11.8. The van der Waals surface area contributed by atoms with Crippen molar-refractivity contribution in [2.45, 2.75) is 32.0 Å². The van der Waals surface area contributed by atoms with Crippen LogP contribution >= 0.6 is 11.3 Å². The number of imidazole rings is 1. The Hall–Kier alpha value is -2.10. The van der Waals surface area contributed by atoms with Crippen LogP contribution in [0.4, 0.5) is 0 Å². The Kier molecular flexibility index (Phi) is 4.74. The van der Waals surface area contributed by atoms with Gasteiger partial charge >= 0.3 is 0 Å². The van der Waals surface area contributed by atoms with Crippen molar-refractivity contribution in [3.05, 3.63) is 46.9 Å². The molecule has 0 saturated heterocycles. The summed E-state index contributed by atoms with van der Waals surface area (Å²) < 4.78 is 29.2. The predicted molar refractivity (Wildman–Crippen MR) is 92.0 cm³/mol. The van der Waals surface area contributed by atoms with Gasteiger partial charge in [-0.1, -0.05) is 0 Å². The lowest BCUT2D eigenvalue weighted by Crippen LogP contribution is -2.24. The number of rotatable bonds is 6. The Labute approximate surface area is 144 Å². The lowest BCUT2D eigenvalue weighted by atomic mass is 10.2. The summed E-state index contributed by atoms with van der Waals surface area (Å²) in [5.41, 5.74) is 2.18. The topological polar surface area (TPSA) is 89.8 Å². The molecular weight excluding hydrogens is 346 g/mol. The van der Waals surface area contributed by atoms with Crippen molar-refractivity contribution in [1.82, 2.24) is 24.2 Å². The van der Waals surface area contributed by atoms with E-state index in [-0.39, 0.29) is 11.6 Å². The Morgan fingerprint density at radius 3 is 2.75 bits per heavy atom. The maximum atomic E-state index is 12.5. The van der Waals surface area contributed by atoms with Crippen molar-refractivity contribution in [3.63, 3.8) is 0 Å². The van der Waals surface area contributed by atoms with Crippen LogP contribution < -0.4 is 4.72 Å². The van der Waals surface area contributed by atoms with Gasteiger partial charge in [-0.3, -0.25) is 9.97 Å². The number of sulfonamides is 1. The molecule has 0 fully saturated rings. The summed E-state index contributed by atoms with van der Waals surface area (Å²) in [6, 6.07) is 1.93. The fourth-order valence-electron chi connectivity index (χ4n) is 2.30. The first-order chi connectivity index (χ1) is 11.5. The highest BCUT2D eigenvalue weighted by molar-refractivity contribution is 7.89. The second-order valence-corrected chi connectivity index (χ2v) is 7.59. The molecule has 0 aliphatic rings. The van der Waals surface area contributed by atoms with Crippen LogP contribution in [0.25, 0.3) is 11.3 Å². The van der Waals surface area contributed by atoms with Crippen LogP contribution in [0.3, 0.4) is 0 Å². The van der Waals surface area contributed by atoms with Crippen molar-refractivity contribution < 1.29 is 8.42 Å². The maximum absolute atomic E-state index is 12.5. The lowest BCUT2D eigenvalue weighted by molar-refractivity contribution is 0.577. The van der Waals surface area contributed by atoms with Gasteiger partial charge in [0.25, 0.3) is 10.0 Å². The van der Waals surface area contributed by atoms with E-state index in [1.165, 1.54) is 6.20 Å². The zero-order valence-electron chi connectivity index (χ0n) is 13.3. The van der Waals surface area contributed by atoms with Crippen LogP contribution in [0.15, 0.2) is 40.4 Å². The van der Waals surface area contributed by atoms with Gasteiger partial charge in [0.05, 0.1) is 17.9 Å². The minimum absolute atomic E-state index is 0.0165. The molecule has 0 saturated carbocycles. The smallest absolute Gasteiger partial charge is 0.259 e. The molecule has 0 aliphatic heterocycles. The molecular formula is C15H17N5O2S2. The van der Waals surface area contributed by atoms with Crippen molar-refractivity contribution in [3.8, 4) is 11.3 Å². The number of nitrogens with one attached hydrogen (secondary N) is 1. The van der Waals surface area contributed by atoms with E-state index < -0.39 is 10.0 Å². The summed E-state index contributed by atoms with van der Waals surface area (Å²) in [4.78, 5) is 12.7. The number of aromatic nitrogens is 4. The van der Waals surface area contributed by atoms with Gasteiger partial charge in [0.15, 0.2) is 5.03 Å². The van der Waals surface area contributed by atoms with Gasteiger partial charge in [-0.05, 0) is 25.3 Å². The standard InChI is InChI=1S/C15H17N5O2S2/c1-3-20-9-14(19-11(20)2)24(21,22)18-8-13-15(17-6-5-16-13)12-4-7-23-10-12/h4-7,9-10,18H,3,8H2,1-2H3. The first kappa shape index (κ1) is 16.7. The van der Waals surface area contributed by atoms with Gasteiger partial charge < -0.3 is 4.57 Å². The number of nitrogens with zero attached hydrogens (tertiary/aromatic N) is 4. The van der Waals surface area contributed by atoms with Gasteiger partial charge in [-0.2, -0.15) is 11.3 Å². The molecule has 9 heteroatoms. The highest BCUT2D eigenvalue weighted by Gasteiger charge is 2.20. The summed E-state index contributed by atoms with van der Waals surface area (Å²) in [6.45, 7) is 4.44. The van der Waals surface area contributed by atoms with Gasteiger partial charge in [-0.15, -0.1) is 0 Å². The zero-order valence-corrected chi connectivity index (χ0v) is 14.9. The molecule has 0 unspecified atom stereocenters. The van der Waals surface area contributed by atoms with E-state index in [2.05, 4.69) is 19.7 Å². The first-order valence-electron chi connectivity index (χ1n) is 7.37. The predicted octanol–water partition coefficient (Wildman–Crippen LogP) is 2.21. The van der Waals surface area contributed by atoms with Crippen LogP contribution in [0.5, 0.6) is 0 Å². The fourth-order valence-corrected chi connectivity index (χ4v) is 3.94. The molecule has 3 rings (SSSR count). The van der Waals surface area contributed by atoms with Crippen molar-refractivity contribution in [1.29, 1.82) is 0 Å². The maximum Gasteiger partial charge on any atom is 0.259 e. The third-order valence-electron chi connectivity index (χ3n) is 3.57. The quantitative estimate of drug-likeness (QED) is 0.725. The monoisotopic (exact) mass is 363 g/mol. The third-order valence-corrected chi connectivity index (χ3v) is 5.52. The first-order valence-corrected chi connectivity index (χ1v) is 9.79. The van der Waals surface area contributed by atoms with E-state index >= 15 is 0 Å². The van der Waals surface area contributed by atoms with E-state index in [1.54, 1.807) is 35.2 Å². The molecule has 3 aromatic heterocycles. The lowest BCUT2D eigenvalue weighted by Gasteiger charge is -2.07. The number of hydrogen-bond donors (Lipinski definition) is 1. The summed E-state index contributed by atoms with van der Waals surface area (Å²) in [6.07, 6.45) is 4.68. The van der Waals surface area contributed by atoms with Gasteiger partial charge in [-0.25, -0.2) is 18.1 Å². The molecule has 1 N–H and O–H groups in total. The molecule has 0 amide bonds. The molecule has 0 aliphatic carbocycles. The van der Waals surface area contributed by atoms with E-state index in [1.807, 2.05) is 23.8 Å². The molecule has 3 heterocycles. The highest BCUT2D eigenvalue weighted by atomic mass is 32.2. The van der Waals surface area contributed by atoms with Crippen molar-refractivity contribution >= 4 is 21.4 Å². The molecule has 0 radical (unpaired) electrons. The summed E-state index contributed by atoms with van der Waals surface area (Å²) in [5.74, 6) is 0.663. The molecule has 0 spiro atoms. The Morgan fingerprint density at radius 1 is 1.29 bits per heavy atom. The van der Waals surface area contributed by atoms with Crippen LogP contribution in [0, 0.1) is 6.92 Å². The molecule has 126 valence electrons. The SMILES string of the molecule is CCn1cc(S(=O)(=O)NCc2nccnc2-c2ccsc2)nc1C. The molecule has 0 aromatic carbocycles. The van der Waals surface area contributed by atoms with Crippen LogP contribution in [0.1, 0.15) is 18.4 Å². The Bertz CT molecular complexity index is 933. The average Bonchev–Trinajstić information content (AvgIpc) is 3.23. The summed E-state index contributed by atoms with van der Waals surface area (Å²) in [5, 5.41) is 3.91. The summed E-state index contributed by atoms with van der Waals surface area (Å²) in [7, 11) is -3.70.